The van der Waals surface area contributed by atoms with Crippen molar-refractivity contribution < 1.29 is 9.90 Å². The van der Waals surface area contributed by atoms with E-state index in [4.69, 9.17) is 5.11 Å². The second-order valence-electron chi connectivity index (χ2n) is 4.59. The first-order valence-corrected chi connectivity index (χ1v) is 4.43. The quantitative estimate of drug-likeness (QED) is 0.650. The molecule has 0 amide bonds. The van der Waals surface area contributed by atoms with Crippen molar-refractivity contribution >= 4 is 5.97 Å². The fourth-order valence-electron chi connectivity index (χ4n) is 3.26. The first kappa shape index (κ1) is 7.84. The van der Waals surface area contributed by atoms with Crippen molar-refractivity contribution in [1.82, 2.24) is 0 Å². The molecule has 0 aromatic carbocycles. The van der Waals surface area contributed by atoms with E-state index in [0.29, 0.717) is 11.8 Å². The average molecular weight is 166 g/mol. The highest BCUT2D eigenvalue weighted by Gasteiger charge is 2.66. The summed E-state index contributed by atoms with van der Waals surface area (Å²) in [6, 6.07) is 0. The average Bonchev–Trinajstić information content (AvgIpc) is 1.79. The molecule has 0 aromatic rings. The van der Waals surface area contributed by atoms with E-state index in [2.05, 4.69) is 6.58 Å². The van der Waals surface area contributed by atoms with Crippen LogP contribution in [0.4, 0.5) is 0 Å². The molecule has 0 aromatic heterocycles. The lowest BCUT2D eigenvalue weighted by Crippen LogP contribution is -2.61. The van der Waals surface area contributed by atoms with Crippen LogP contribution in [0.15, 0.2) is 12.7 Å². The molecule has 0 atom stereocenters. The van der Waals surface area contributed by atoms with Crippen LogP contribution in [0.2, 0.25) is 0 Å². The molecule has 0 heterocycles. The molecule has 2 nitrogen and oxygen atoms in total. The highest BCUT2D eigenvalue weighted by atomic mass is 16.4. The molecule has 3 aliphatic carbocycles. The maximum absolute atomic E-state index is 10.5. The van der Waals surface area contributed by atoms with Crippen LogP contribution in [-0.4, -0.2) is 11.1 Å². The van der Waals surface area contributed by atoms with Crippen molar-refractivity contribution in [3.05, 3.63) is 12.7 Å². The molecule has 2 bridgehead atoms. The van der Waals surface area contributed by atoms with E-state index in [1.807, 2.05) is 6.08 Å². The minimum Gasteiger partial charge on any atom is -0.481 e. The van der Waals surface area contributed by atoms with Gasteiger partial charge in [0, 0.05) is 0 Å². The molecule has 0 radical (unpaired) electrons. The van der Waals surface area contributed by atoms with E-state index < -0.39 is 5.97 Å². The fourth-order valence-corrected chi connectivity index (χ4v) is 3.26. The monoisotopic (exact) mass is 166 g/mol. The molecule has 0 saturated heterocycles. The Morgan fingerprint density at radius 1 is 1.42 bits per heavy atom. The maximum Gasteiger partial charge on any atom is 0.303 e. The summed E-state index contributed by atoms with van der Waals surface area (Å²) in [7, 11) is 0. The first-order valence-electron chi connectivity index (χ1n) is 4.43. The zero-order valence-corrected chi connectivity index (χ0v) is 7.18. The number of carboxylic acid groups (broad SMARTS) is 1. The Balaban J connectivity index is 1.87. The van der Waals surface area contributed by atoms with Crippen LogP contribution in [0.3, 0.4) is 0 Å². The Morgan fingerprint density at radius 2 is 2.00 bits per heavy atom. The summed E-state index contributed by atoms with van der Waals surface area (Å²) in [5.74, 6) is -0.637. The minimum absolute atomic E-state index is 0.203. The van der Waals surface area contributed by atoms with E-state index in [0.717, 1.165) is 25.7 Å². The Hall–Kier alpha value is -0.790. The van der Waals surface area contributed by atoms with Crippen molar-refractivity contribution in [3.8, 4) is 0 Å². The van der Waals surface area contributed by atoms with E-state index in [1.54, 1.807) is 0 Å². The third-order valence-electron chi connectivity index (χ3n) is 3.35. The second-order valence-corrected chi connectivity index (χ2v) is 4.59. The number of hydrogen-bond acceptors (Lipinski definition) is 1. The van der Waals surface area contributed by atoms with E-state index >= 15 is 0 Å². The topological polar surface area (TPSA) is 37.3 Å². The largest absolute Gasteiger partial charge is 0.481 e. The van der Waals surface area contributed by atoms with Crippen molar-refractivity contribution in [2.24, 2.45) is 10.8 Å². The number of carboxylic acids is 1. The molecule has 3 fully saturated rings. The van der Waals surface area contributed by atoms with Gasteiger partial charge in [0.05, 0.1) is 6.42 Å². The summed E-state index contributed by atoms with van der Waals surface area (Å²) in [5, 5.41) is 8.63. The molecule has 66 valence electrons. The fraction of sp³-hybridized carbons (Fsp3) is 0.700. The van der Waals surface area contributed by atoms with E-state index in [1.165, 1.54) is 0 Å². The van der Waals surface area contributed by atoms with Gasteiger partial charge in [-0.05, 0) is 36.5 Å². The highest BCUT2D eigenvalue weighted by Crippen LogP contribution is 2.76. The van der Waals surface area contributed by atoms with Gasteiger partial charge in [-0.3, -0.25) is 4.79 Å². The number of rotatable bonds is 4. The van der Waals surface area contributed by atoms with Crippen LogP contribution in [0.25, 0.3) is 0 Å². The number of hydrogen-bond donors (Lipinski definition) is 1. The number of aliphatic carboxylic acids is 1. The Labute approximate surface area is 72.3 Å². The van der Waals surface area contributed by atoms with Gasteiger partial charge in [-0.25, -0.2) is 0 Å². The first-order chi connectivity index (χ1) is 5.60. The molecule has 3 rings (SSSR count). The van der Waals surface area contributed by atoms with Gasteiger partial charge in [0.25, 0.3) is 0 Å². The molecule has 12 heavy (non-hydrogen) atoms. The summed E-state index contributed by atoms with van der Waals surface area (Å²) < 4.78 is 0. The molecular formula is C10H14O2. The Morgan fingerprint density at radius 3 is 2.42 bits per heavy atom. The van der Waals surface area contributed by atoms with Crippen molar-refractivity contribution in [3.63, 3.8) is 0 Å². The van der Waals surface area contributed by atoms with Gasteiger partial charge in [-0.1, -0.05) is 6.08 Å². The van der Waals surface area contributed by atoms with Gasteiger partial charge in [0.2, 0.25) is 0 Å². The van der Waals surface area contributed by atoms with Gasteiger partial charge in [-0.2, -0.15) is 0 Å². The van der Waals surface area contributed by atoms with Gasteiger partial charge < -0.3 is 5.11 Å². The second kappa shape index (κ2) is 2.12. The number of carbonyl (C=O) groups is 1. The standard InChI is InChI=1S/C10H14O2/c1-2-3-9-5-10(6-9,7-9)4-8(11)12/h2H,1,3-7H2,(H,11,12). The van der Waals surface area contributed by atoms with Crippen molar-refractivity contribution in [1.29, 1.82) is 0 Å². The summed E-state index contributed by atoms with van der Waals surface area (Å²) >= 11 is 0. The van der Waals surface area contributed by atoms with Crippen molar-refractivity contribution in [2.75, 3.05) is 0 Å². The van der Waals surface area contributed by atoms with E-state index in [9.17, 15) is 4.79 Å². The summed E-state index contributed by atoms with van der Waals surface area (Å²) in [5.41, 5.74) is 0.687. The van der Waals surface area contributed by atoms with E-state index in [-0.39, 0.29) is 5.41 Å². The van der Waals surface area contributed by atoms with Crippen LogP contribution < -0.4 is 0 Å². The summed E-state index contributed by atoms with van der Waals surface area (Å²) in [6.45, 7) is 3.72. The molecule has 3 aliphatic rings. The van der Waals surface area contributed by atoms with Crippen LogP contribution in [0.5, 0.6) is 0 Å². The Kier molecular flexibility index (Phi) is 1.39. The van der Waals surface area contributed by atoms with Crippen LogP contribution >= 0.6 is 0 Å². The normalized spacial score (nSPS) is 42.7. The number of allylic oxidation sites excluding steroid dienone is 1. The van der Waals surface area contributed by atoms with Gasteiger partial charge in [0.1, 0.15) is 0 Å². The lowest BCUT2D eigenvalue weighted by molar-refractivity contribution is -0.210. The molecule has 0 spiro atoms. The molecule has 0 aliphatic heterocycles. The third-order valence-corrected chi connectivity index (χ3v) is 3.35. The molecule has 1 N–H and O–H groups in total. The third kappa shape index (κ3) is 0.904. The summed E-state index contributed by atoms with van der Waals surface area (Å²) in [4.78, 5) is 10.5. The summed E-state index contributed by atoms with van der Waals surface area (Å²) in [6.07, 6.45) is 6.79. The van der Waals surface area contributed by atoms with Crippen LogP contribution in [0, 0.1) is 10.8 Å². The lowest BCUT2D eigenvalue weighted by atomic mass is 9.33. The van der Waals surface area contributed by atoms with Crippen molar-refractivity contribution in [2.45, 2.75) is 32.1 Å². The lowest BCUT2D eigenvalue weighted by Gasteiger charge is -2.70. The predicted octanol–water partition coefficient (Wildman–Crippen LogP) is 2.21. The predicted molar refractivity (Wildman–Crippen MR) is 45.8 cm³/mol. The zero-order chi connectivity index (χ0) is 8.82. The highest BCUT2D eigenvalue weighted by molar-refractivity contribution is 5.68. The minimum atomic E-state index is -0.637. The molecule has 0 unspecified atom stereocenters. The van der Waals surface area contributed by atoms with Gasteiger partial charge in [-0.15, -0.1) is 6.58 Å². The van der Waals surface area contributed by atoms with Crippen LogP contribution in [0.1, 0.15) is 32.1 Å². The maximum atomic E-state index is 10.5. The molecular weight excluding hydrogens is 152 g/mol. The van der Waals surface area contributed by atoms with Gasteiger partial charge >= 0.3 is 5.97 Å². The Bertz CT molecular complexity index is 222. The van der Waals surface area contributed by atoms with Crippen LogP contribution in [-0.2, 0) is 4.79 Å². The molecule has 2 heteroatoms. The zero-order valence-electron chi connectivity index (χ0n) is 7.18. The molecule has 3 saturated carbocycles. The van der Waals surface area contributed by atoms with Gasteiger partial charge in [0.15, 0.2) is 0 Å². The smallest absolute Gasteiger partial charge is 0.303 e. The SMILES string of the molecule is C=CCC12CC(CC(=O)O)(C1)C2.